The summed E-state index contributed by atoms with van der Waals surface area (Å²) in [5, 5.41) is 10.1. The minimum Gasteiger partial charge on any atom is -0.296 e. The van der Waals surface area contributed by atoms with Gasteiger partial charge in [-0.2, -0.15) is 10.1 Å². The van der Waals surface area contributed by atoms with Crippen LogP contribution in [-0.2, 0) is 0 Å². The van der Waals surface area contributed by atoms with E-state index in [0.29, 0.717) is 23.8 Å². The van der Waals surface area contributed by atoms with Gasteiger partial charge in [-0.3, -0.25) is 4.99 Å². The third-order valence-corrected chi connectivity index (χ3v) is 3.82. The highest BCUT2D eigenvalue weighted by molar-refractivity contribution is 6.03. The lowest BCUT2D eigenvalue weighted by Crippen LogP contribution is -2.13. The zero-order chi connectivity index (χ0) is 17.1. The molecule has 1 aliphatic rings. The number of hydrogen-bond donors (Lipinski definition) is 0. The van der Waals surface area contributed by atoms with E-state index in [1.54, 1.807) is 31.2 Å². The maximum Gasteiger partial charge on any atom is 0.265 e. The summed E-state index contributed by atoms with van der Waals surface area (Å²) in [7, 11) is 3.37. The van der Waals surface area contributed by atoms with E-state index in [9.17, 15) is 4.39 Å². The van der Waals surface area contributed by atoms with Gasteiger partial charge in [-0.05, 0) is 5.56 Å². The molecule has 0 fully saturated rings. The topological polar surface area (TPSA) is 58.7 Å². The maximum absolute atomic E-state index is 14.3. The molecule has 2 heterocycles. The van der Waals surface area contributed by atoms with Crippen LogP contribution in [0.2, 0.25) is 0 Å². The van der Waals surface area contributed by atoms with E-state index in [-0.39, 0.29) is 6.04 Å². The Morgan fingerprint density at radius 1 is 1.38 bits per heavy atom. The van der Waals surface area contributed by atoms with Crippen LogP contribution in [0.1, 0.15) is 30.0 Å². The summed E-state index contributed by atoms with van der Waals surface area (Å²) in [5.74, 6) is 0.695. The first kappa shape index (κ1) is 16.0. The van der Waals surface area contributed by atoms with Gasteiger partial charge in [0.1, 0.15) is 0 Å². The Kier molecular flexibility index (Phi) is 4.50. The highest BCUT2D eigenvalue weighted by Crippen LogP contribution is 2.39. The van der Waals surface area contributed by atoms with Crippen molar-refractivity contribution < 1.29 is 4.39 Å². The molecule has 0 saturated heterocycles. The van der Waals surface area contributed by atoms with Crippen LogP contribution in [-0.4, -0.2) is 41.3 Å². The number of rotatable bonds is 5. The van der Waals surface area contributed by atoms with Gasteiger partial charge < -0.3 is 0 Å². The molecular weight excluding hydrogens is 307 g/mol. The van der Waals surface area contributed by atoms with Crippen molar-refractivity contribution in [3.63, 3.8) is 0 Å². The van der Waals surface area contributed by atoms with Gasteiger partial charge in [0.05, 0.1) is 12.3 Å². The fourth-order valence-corrected chi connectivity index (χ4v) is 2.67. The van der Waals surface area contributed by atoms with Crippen LogP contribution in [0.4, 0.5) is 10.3 Å². The fraction of sp³-hybridized carbons (Fsp3) is 0.294. The Hall–Kier alpha value is -2.83. The molecule has 2 atom stereocenters. The minimum absolute atomic E-state index is 0.142. The van der Waals surface area contributed by atoms with E-state index in [1.807, 2.05) is 30.3 Å². The molecule has 7 heteroatoms. The van der Waals surface area contributed by atoms with Gasteiger partial charge in [-0.15, -0.1) is 5.10 Å². The van der Waals surface area contributed by atoms with Gasteiger partial charge in [0.15, 0.2) is 12.0 Å². The van der Waals surface area contributed by atoms with E-state index in [1.165, 1.54) is 5.01 Å². The van der Waals surface area contributed by atoms with Gasteiger partial charge >= 0.3 is 0 Å². The Balaban J connectivity index is 1.84. The number of fused-ring (bicyclic) bond motifs is 1. The Morgan fingerprint density at radius 3 is 2.83 bits per heavy atom. The van der Waals surface area contributed by atoms with Crippen LogP contribution in [0.15, 0.2) is 52.6 Å². The van der Waals surface area contributed by atoms with Crippen molar-refractivity contribution in [1.82, 2.24) is 14.8 Å². The van der Waals surface area contributed by atoms with Crippen molar-refractivity contribution >= 4 is 18.4 Å². The van der Waals surface area contributed by atoms with Gasteiger partial charge in [0.2, 0.25) is 0 Å². The molecule has 0 aliphatic carbocycles. The van der Waals surface area contributed by atoms with Gasteiger partial charge in [0, 0.05) is 32.3 Å². The van der Waals surface area contributed by atoms with Crippen LogP contribution in [0, 0.1) is 0 Å². The van der Waals surface area contributed by atoms with Crippen molar-refractivity contribution in [2.45, 2.75) is 18.6 Å². The van der Waals surface area contributed by atoms with Crippen LogP contribution in [0.3, 0.4) is 0 Å². The maximum atomic E-state index is 14.3. The molecule has 0 N–H and O–H groups in total. The first-order chi connectivity index (χ1) is 11.6. The highest BCUT2D eigenvalue weighted by Gasteiger charge is 2.35. The van der Waals surface area contributed by atoms with E-state index in [4.69, 9.17) is 0 Å². The van der Waals surface area contributed by atoms with E-state index in [2.05, 4.69) is 26.8 Å². The largest absolute Gasteiger partial charge is 0.296 e. The molecule has 1 aromatic heterocycles. The Labute approximate surface area is 140 Å². The first-order valence-corrected chi connectivity index (χ1v) is 7.64. The van der Waals surface area contributed by atoms with Crippen molar-refractivity contribution in [2.75, 3.05) is 19.1 Å². The third kappa shape index (κ3) is 3.10. The molecule has 0 bridgehead atoms. The number of halogens is 1. The molecule has 0 radical (unpaired) electrons. The van der Waals surface area contributed by atoms with E-state index >= 15 is 0 Å². The van der Waals surface area contributed by atoms with E-state index < -0.39 is 6.17 Å². The van der Waals surface area contributed by atoms with Crippen molar-refractivity contribution in [2.24, 2.45) is 10.1 Å². The average Bonchev–Trinajstić information content (AvgIpc) is 3.15. The highest BCUT2D eigenvalue weighted by atomic mass is 19.1. The summed E-state index contributed by atoms with van der Waals surface area (Å²) < 4.78 is 16.0. The molecule has 124 valence electrons. The quantitative estimate of drug-likeness (QED) is 0.627. The summed E-state index contributed by atoms with van der Waals surface area (Å²) in [4.78, 5) is 8.16. The lowest BCUT2D eigenvalue weighted by molar-refractivity contribution is 0.328. The second-order valence-electron chi connectivity index (χ2n) is 5.57. The normalized spacial score (nSPS) is 20.0. The zero-order valence-electron chi connectivity index (χ0n) is 13.7. The van der Waals surface area contributed by atoms with E-state index in [0.717, 1.165) is 5.56 Å². The average molecular weight is 326 g/mol. The number of anilines is 1. The molecule has 0 spiro atoms. The number of nitrogens with zero attached hydrogens (tertiary/aromatic N) is 6. The summed E-state index contributed by atoms with van der Waals surface area (Å²) in [6, 6.07) is 9.63. The van der Waals surface area contributed by atoms with Crippen molar-refractivity contribution in [3.8, 4) is 0 Å². The smallest absolute Gasteiger partial charge is 0.265 e. The molecule has 0 saturated carbocycles. The predicted octanol–water partition coefficient (Wildman–Crippen LogP) is 2.96. The van der Waals surface area contributed by atoms with Crippen LogP contribution < -0.4 is 5.01 Å². The van der Waals surface area contributed by atoms with Crippen LogP contribution >= 0.6 is 0 Å². The molecule has 2 aromatic rings. The summed E-state index contributed by atoms with van der Waals surface area (Å²) in [5.41, 5.74) is 1.68. The molecule has 0 amide bonds. The molecule has 24 heavy (non-hydrogen) atoms. The minimum atomic E-state index is -1.13. The Morgan fingerprint density at radius 2 is 2.12 bits per heavy atom. The number of hydrogen-bond acceptors (Lipinski definition) is 5. The Bertz CT molecular complexity index is 780. The number of aliphatic imine (C=N–C) groups is 1. The number of aromatic nitrogens is 3. The molecule has 0 unspecified atom stereocenters. The monoisotopic (exact) mass is 326 g/mol. The lowest BCUT2D eigenvalue weighted by atomic mass is 10.0. The number of benzene rings is 1. The first-order valence-electron chi connectivity index (χ1n) is 7.64. The van der Waals surface area contributed by atoms with Gasteiger partial charge in [-0.25, -0.2) is 14.1 Å². The standard InChI is InChI=1S/C17H19FN6/c1-12(10-19-2)11-20-23(3)17-21-16-14(18)9-15(24(16)22-17)13-7-5-4-6-8-13/h4-8,10-11,14-15H,1,9H2,2-3H3/b19-10?,20-11-/t14-,15-/m0/s1. The number of hydrazone groups is 1. The molecule has 1 aliphatic heterocycles. The number of allylic oxidation sites excluding steroid dienone is 1. The SMILES string of the molecule is C=C(C=NC)/C=N\N(C)c1nc2n(n1)[C@H](c1ccccc1)C[C@@H]2F. The second-order valence-corrected chi connectivity index (χ2v) is 5.57. The zero-order valence-corrected chi connectivity index (χ0v) is 13.7. The van der Waals surface area contributed by atoms with Crippen molar-refractivity contribution in [3.05, 3.63) is 53.9 Å². The molecule has 3 rings (SSSR count). The van der Waals surface area contributed by atoms with Gasteiger partial charge in [-0.1, -0.05) is 36.9 Å². The predicted molar refractivity (Wildman–Crippen MR) is 93.5 cm³/mol. The molecule has 6 nitrogen and oxygen atoms in total. The van der Waals surface area contributed by atoms with Crippen LogP contribution in [0.5, 0.6) is 0 Å². The summed E-state index contributed by atoms with van der Waals surface area (Å²) in [6.45, 7) is 3.79. The van der Waals surface area contributed by atoms with Gasteiger partial charge in [0.25, 0.3) is 5.95 Å². The third-order valence-electron chi connectivity index (χ3n) is 3.82. The fourth-order valence-electron chi connectivity index (χ4n) is 2.67. The molecular formula is C17H19FN6. The summed E-state index contributed by atoms with van der Waals surface area (Å²) in [6.07, 6.45) is 2.38. The second kappa shape index (κ2) is 6.74. The van der Waals surface area contributed by atoms with Crippen LogP contribution in [0.25, 0.3) is 0 Å². The number of alkyl halides is 1. The summed E-state index contributed by atoms with van der Waals surface area (Å²) >= 11 is 0. The molecule has 1 aromatic carbocycles. The lowest BCUT2D eigenvalue weighted by Gasteiger charge is -2.12. The van der Waals surface area contributed by atoms with Crippen molar-refractivity contribution in [1.29, 1.82) is 0 Å².